The van der Waals surface area contributed by atoms with Crippen LogP contribution in [0.2, 0.25) is 0 Å². The van der Waals surface area contributed by atoms with E-state index in [0.717, 1.165) is 12.2 Å². The molecule has 2 aliphatic rings. The highest BCUT2D eigenvalue weighted by molar-refractivity contribution is 8.00. The lowest BCUT2D eigenvalue weighted by atomic mass is 10.2. The van der Waals surface area contributed by atoms with E-state index in [0.29, 0.717) is 18.3 Å². The first-order chi connectivity index (χ1) is 9.02. The van der Waals surface area contributed by atoms with Crippen LogP contribution in [0.3, 0.4) is 0 Å². The molecule has 3 unspecified atom stereocenters. The third-order valence-corrected chi connectivity index (χ3v) is 5.05. The summed E-state index contributed by atoms with van der Waals surface area (Å²) in [4.78, 5) is 26.6. The second-order valence-corrected chi connectivity index (χ2v) is 6.43. The van der Waals surface area contributed by atoms with Crippen LogP contribution in [-0.4, -0.2) is 74.8 Å². The SMILES string of the molecule is CCC1CN(C(=O)N2CC(O)CC2C(=O)O)CCS1. The zero-order valence-electron chi connectivity index (χ0n) is 11.0. The molecule has 0 bridgehead atoms. The molecular formula is C12H20N2O4S. The van der Waals surface area contributed by atoms with Crippen LogP contribution in [0.4, 0.5) is 4.79 Å². The normalized spacial score (nSPS) is 31.6. The molecule has 0 saturated carbocycles. The maximum Gasteiger partial charge on any atom is 0.326 e. The fourth-order valence-electron chi connectivity index (χ4n) is 2.58. The van der Waals surface area contributed by atoms with Crippen molar-refractivity contribution in [2.24, 2.45) is 0 Å². The minimum absolute atomic E-state index is 0.121. The number of amides is 2. The van der Waals surface area contributed by atoms with E-state index >= 15 is 0 Å². The number of urea groups is 1. The molecule has 108 valence electrons. The number of aliphatic carboxylic acids is 1. The molecule has 3 atom stereocenters. The topological polar surface area (TPSA) is 81.1 Å². The summed E-state index contributed by atoms with van der Waals surface area (Å²) in [6, 6.07) is -1.14. The van der Waals surface area contributed by atoms with Gasteiger partial charge in [0.15, 0.2) is 0 Å². The van der Waals surface area contributed by atoms with Gasteiger partial charge in [0.05, 0.1) is 6.10 Å². The Morgan fingerprint density at radius 1 is 1.37 bits per heavy atom. The number of thioether (sulfide) groups is 1. The molecular weight excluding hydrogens is 268 g/mol. The fraction of sp³-hybridized carbons (Fsp3) is 0.833. The van der Waals surface area contributed by atoms with Gasteiger partial charge in [-0.15, -0.1) is 0 Å². The van der Waals surface area contributed by atoms with E-state index < -0.39 is 18.1 Å². The zero-order valence-corrected chi connectivity index (χ0v) is 11.8. The highest BCUT2D eigenvalue weighted by Gasteiger charge is 2.41. The number of carboxylic acids is 1. The number of aliphatic hydroxyl groups is 1. The number of carboxylic acid groups (broad SMARTS) is 1. The summed E-state index contributed by atoms with van der Waals surface area (Å²) < 4.78 is 0. The second kappa shape index (κ2) is 6.00. The molecule has 0 aliphatic carbocycles. The summed E-state index contributed by atoms with van der Waals surface area (Å²) in [6.07, 6.45) is 0.395. The second-order valence-electron chi connectivity index (χ2n) is 5.03. The predicted octanol–water partition coefficient (Wildman–Crippen LogP) is 0.454. The average Bonchev–Trinajstić information content (AvgIpc) is 2.80. The smallest absolute Gasteiger partial charge is 0.326 e. The Morgan fingerprint density at radius 2 is 2.11 bits per heavy atom. The number of carbonyl (C=O) groups is 2. The lowest BCUT2D eigenvalue weighted by Crippen LogP contribution is -2.51. The van der Waals surface area contributed by atoms with E-state index in [9.17, 15) is 14.7 Å². The summed E-state index contributed by atoms with van der Waals surface area (Å²) in [5.74, 6) is -0.151. The van der Waals surface area contributed by atoms with Crippen molar-refractivity contribution in [3.05, 3.63) is 0 Å². The fourth-order valence-corrected chi connectivity index (χ4v) is 3.76. The summed E-state index contributed by atoms with van der Waals surface area (Å²) >= 11 is 1.86. The van der Waals surface area contributed by atoms with Gasteiger partial charge in [0.2, 0.25) is 0 Å². The van der Waals surface area contributed by atoms with Gasteiger partial charge in [-0.1, -0.05) is 6.92 Å². The molecule has 2 rings (SSSR count). The molecule has 2 amide bonds. The number of carbonyl (C=O) groups excluding carboxylic acids is 1. The van der Waals surface area contributed by atoms with Crippen LogP contribution in [0.1, 0.15) is 19.8 Å². The van der Waals surface area contributed by atoms with Gasteiger partial charge in [-0.05, 0) is 6.42 Å². The first kappa shape index (κ1) is 14.5. The number of likely N-dealkylation sites (tertiary alicyclic amines) is 1. The quantitative estimate of drug-likeness (QED) is 0.771. The highest BCUT2D eigenvalue weighted by Crippen LogP contribution is 2.25. The molecule has 0 spiro atoms. The van der Waals surface area contributed by atoms with Crippen LogP contribution in [0.15, 0.2) is 0 Å². The van der Waals surface area contributed by atoms with Gasteiger partial charge in [-0.2, -0.15) is 11.8 Å². The Morgan fingerprint density at radius 3 is 2.74 bits per heavy atom. The molecule has 0 aromatic heterocycles. The Labute approximate surface area is 116 Å². The number of hydrogen-bond donors (Lipinski definition) is 2. The molecule has 0 radical (unpaired) electrons. The Bertz CT molecular complexity index is 366. The van der Waals surface area contributed by atoms with E-state index in [1.165, 1.54) is 4.90 Å². The van der Waals surface area contributed by atoms with Gasteiger partial charge in [-0.25, -0.2) is 9.59 Å². The number of aliphatic hydroxyl groups excluding tert-OH is 1. The van der Waals surface area contributed by atoms with E-state index in [4.69, 9.17) is 5.11 Å². The molecule has 2 saturated heterocycles. The lowest BCUT2D eigenvalue weighted by Gasteiger charge is -2.35. The molecule has 6 nitrogen and oxygen atoms in total. The van der Waals surface area contributed by atoms with Crippen LogP contribution < -0.4 is 0 Å². The molecule has 7 heteroatoms. The predicted molar refractivity (Wildman–Crippen MR) is 72.3 cm³/mol. The van der Waals surface area contributed by atoms with Crippen molar-refractivity contribution in [1.29, 1.82) is 0 Å². The highest BCUT2D eigenvalue weighted by atomic mass is 32.2. The van der Waals surface area contributed by atoms with Crippen molar-refractivity contribution in [3.8, 4) is 0 Å². The van der Waals surface area contributed by atoms with Crippen molar-refractivity contribution >= 4 is 23.8 Å². The van der Waals surface area contributed by atoms with E-state index in [1.54, 1.807) is 4.90 Å². The maximum atomic E-state index is 12.4. The zero-order chi connectivity index (χ0) is 14.0. The summed E-state index contributed by atoms with van der Waals surface area (Å²) in [5.41, 5.74) is 0. The molecule has 2 heterocycles. The van der Waals surface area contributed by atoms with Crippen LogP contribution >= 0.6 is 11.8 Å². The van der Waals surface area contributed by atoms with Gasteiger partial charge >= 0.3 is 12.0 Å². The minimum atomic E-state index is -1.04. The molecule has 2 fully saturated rings. The van der Waals surface area contributed by atoms with Crippen molar-refractivity contribution in [2.45, 2.75) is 37.2 Å². The third-order valence-electron chi connectivity index (χ3n) is 3.67. The van der Waals surface area contributed by atoms with Crippen molar-refractivity contribution in [1.82, 2.24) is 9.80 Å². The first-order valence-corrected chi connectivity index (χ1v) is 7.65. The van der Waals surface area contributed by atoms with E-state index in [2.05, 4.69) is 6.92 Å². The van der Waals surface area contributed by atoms with E-state index in [1.807, 2.05) is 11.8 Å². The van der Waals surface area contributed by atoms with Crippen molar-refractivity contribution in [3.63, 3.8) is 0 Å². The van der Waals surface area contributed by atoms with Gasteiger partial charge in [0.1, 0.15) is 6.04 Å². The summed E-state index contributed by atoms with van der Waals surface area (Å²) in [5, 5.41) is 19.1. The molecule has 2 aliphatic heterocycles. The standard InChI is InChI=1S/C12H20N2O4S/c1-2-9-7-13(3-4-19-9)12(18)14-6-8(15)5-10(14)11(16)17/h8-10,15H,2-7H2,1H3,(H,16,17). The molecule has 2 N–H and O–H groups in total. The van der Waals surface area contributed by atoms with Gasteiger partial charge in [0.25, 0.3) is 0 Å². The number of β-amino-alcohol motifs (C(OH)–C–C–N with tert-alkyl or cyclic N) is 1. The molecule has 0 aromatic rings. The Hall–Kier alpha value is -0.950. The molecule has 0 aromatic carbocycles. The Balaban J connectivity index is 2.03. The lowest BCUT2D eigenvalue weighted by molar-refractivity contribution is -0.141. The number of hydrogen-bond acceptors (Lipinski definition) is 4. The van der Waals surface area contributed by atoms with Crippen LogP contribution in [0.25, 0.3) is 0 Å². The Kier molecular flexibility index (Phi) is 4.57. The summed E-state index contributed by atoms with van der Waals surface area (Å²) in [6.45, 7) is 3.53. The first-order valence-electron chi connectivity index (χ1n) is 6.61. The average molecular weight is 288 g/mol. The third kappa shape index (κ3) is 3.14. The summed E-state index contributed by atoms with van der Waals surface area (Å²) in [7, 11) is 0. The van der Waals surface area contributed by atoms with Crippen molar-refractivity contribution in [2.75, 3.05) is 25.4 Å². The van der Waals surface area contributed by atoms with Gasteiger partial charge in [0, 0.05) is 37.1 Å². The maximum absolute atomic E-state index is 12.4. The number of rotatable bonds is 2. The van der Waals surface area contributed by atoms with Gasteiger partial charge < -0.3 is 20.0 Å². The minimum Gasteiger partial charge on any atom is -0.480 e. The monoisotopic (exact) mass is 288 g/mol. The van der Waals surface area contributed by atoms with Crippen LogP contribution in [-0.2, 0) is 4.79 Å². The number of nitrogens with zero attached hydrogens (tertiary/aromatic N) is 2. The largest absolute Gasteiger partial charge is 0.480 e. The molecule has 19 heavy (non-hydrogen) atoms. The van der Waals surface area contributed by atoms with Crippen LogP contribution in [0, 0.1) is 0 Å². The van der Waals surface area contributed by atoms with Gasteiger partial charge in [-0.3, -0.25) is 0 Å². The van der Waals surface area contributed by atoms with E-state index in [-0.39, 0.29) is 19.0 Å². The van der Waals surface area contributed by atoms with Crippen molar-refractivity contribution < 1.29 is 19.8 Å². The van der Waals surface area contributed by atoms with Crippen LogP contribution in [0.5, 0.6) is 0 Å².